The molecule has 2 rings (SSSR count). The molecule has 0 saturated heterocycles. The van der Waals surface area contributed by atoms with Gasteiger partial charge in [-0.15, -0.1) is 0 Å². The van der Waals surface area contributed by atoms with Crippen LogP contribution >= 0.6 is 0 Å². The lowest BCUT2D eigenvalue weighted by Crippen LogP contribution is -1.99. The molecule has 22 heavy (non-hydrogen) atoms. The van der Waals surface area contributed by atoms with E-state index >= 15 is 0 Å². The van der Waals surface area contributed by atoms with Crippen LogP contribution in [0.2, 0.25) is 0 Å². The number of hydrogen-bond acceptors (Lipinski definition) is 4. The topological polar surface area (TPSA) is 89.7 Å². The molecule has 0 aliphatic rings. The Kier molecular flexibility index (Phi) is 4.87. The van der Waals surface area contributed by atoms with Crippen LogP contribution in [-0.2, 0) is 6.61 Å². The summed E-state index contributed by atoms with van der Waals surface area (Å²) in [6.07, 6.45) is 2.21. The predicted octanol–water partition coefficient (Wildman–Crippen LogP) is 3.21. The summed E-state index contributed by atoms with van der Waals surface area (Å²) in [4.78, 5) is 20.6. The van der Waals surface area contributed by atoms with E-state index in [1.165, 1.54) is 18.2 Å². The third-order valence-corrected chi connectivity index (χ3v) is 2.89. The molecule has 0 amide bonds. The highest BCUT2D eigenvalue weighted by Crippen LogP contribution is 2.21. The molecule has 0 bridgehead atoms. The maximum Gasteiger partial charge on any atom is 0.335 e. The maximum atomic E-state index is 10.8. The smallest absolute Gasteiger partial charge is 0.335 e. The third kappa shape index (κ3) is 4.17. The number of benzene rings is 2. The van der Waals surface area contributed by atoms with Crippen LogP contribution in [0.3, 0.4) is 0 Å². The molecule has 0 atom stereocenters. The number of nitrogens with zero attached hydrogens (tertiary/aromatic N) is 1. The summed E-state index contributed by atoms with van der Waals surface area (Å²) < 4.78 is 5.63. The van der Waals surface area contributed by atoms with Gasteiger partial charge in [0.1, 0.15) is 12.4 Å². The molecule has 0 aliphatic carbocycles. The summed E-state index contributed by atoms with van der Waals surface area (Å²) in [5.74, 6) is -0.467. The summed E-state index contributed by atoms with van der Waals surface area (Å²) in [6, 6.07) is 13.3. The van der Waals surface area contributed by atoms with Crippen molar-refractivity contribution in [3.63, 3.8) is 0 Å². The second-order valence-electron chi connectivity index (χ2n) is 4.43. The van der Waals surface area contributed by atoms with E-state index in [1.807, 2.05) is 0 Å². The summed E-state index contributed by atoms with van der Waals surface area (Å²) in [5.41, 5.74) is 1.61. The van der Waals surface area contributed by atoms with Gasteiger partial charge in [-0.3, -0.25) is 10.1 Å². The Bertz CT molecular complexity index is 707. The Morgan fingerprint density at radius 3 is 2.50 bits per heavy atom. The van der Waals surface area contributed by atoms with Gasteiger partial charge in [-0.2, -0.15) is 0 Å². The number of hydrogen-bond donors (Lipinski definition) is 1. The second-order valence-corrected chi connectivity index (χ2v) is 4.43. The third-order valence-electron chi connectivity index (χ3n) is 2.89. The second kappa shape index (κ2) is 7.03. The molecule has 6 heteroatoms. The van der Waals surface area contributed by atoms with Gasteiger partial charge in [-0.1, -0.05) is 30.3 Å². The quantitative estimate of drug-likeness (QED) is 0.653. The molecule has 2 aromatic rings. The van der Waals surface area contributed by atoms with Gasteiger partial charge in [0.2, 0.25) is 6.20 Å². The average Bonchev–Trinajstić information content (AvgIpc) is 2.52. The summed E-state index contributed by atoms with van der Waals surface area (Å²) in [7, 11) is 0. The zero-order valence-electron chi connectivity index (χ0n) is 11.5. The van der Waals surface area contributed by atoms with Crippen LogP contribution in [0.5, 0.6) is 5.75 Å². The first-order valence-corrected chi connectivity index (χ1v) is 6.42. The standard InChI is InChI=1S/C16H13NO5/c18-16(19)14-7-5-12(6-8-14)11-22-15-4-2-1-3-13(15)9-10-17(20)21/h1-10H,11H2,(H,18,19). The van der Waals surface area contributed by atoms with Crippen molar-refractivity contribution in [1.29, 1.82) is 0 Å². The molecule has 6 nitrogen and oxygen atoms in total. The molecule has 0 fully saturated rings. The zero-order valence-corrected chi connectivity index (χ0v) is 11.5. The number of aromatic carboxylic acids is 1. The molecule has 2 aromatic carbocycles. The fourth-order valence-electron chi connectivity index (χ4n) is 1.80. The van der Waals surface area contributed by atoms with Crippen LogP contribution in [0.15, 0.2) is 54.7 Å². The van der Waals surface area contributed by atoms with Gasteiger partial charge in [-0.25, -0.2) is 4.79 Å². The average molecular weight is 299 g/mol. The van der Waals surface area contributed by atoms with Crippen LogP contribution in [0.4, 0.5) is 0 Å². The highest BCUT2D eigenvalue weighted by molar-refractivity contribution is 5.87. The minimum absolute atomic E-state index is 0.207. The number of nitro groups is 1. The molecule has 1 N–H and O–H groups in total. The van der Waals surface area contributed by atoms with Crippen molar-refractivity contribution in [1.82, 2.24) is 0 Å². The molecule has 112 valence electrons. The Labute approximate surface area is 126 Å². The molecule has 0 saturated carbocycles. The van der Waals surface area contributed by atoms with E-state index < -0.39 is 10.9 Å². The first kappa shape index (κ1) is 15.2. The van der Waals surface area contributed by atoms with Gasteiger partial charge in [0.25, 0.3) is 0 Å². The van der Waals surface area contributed by atoms with E-state index in [9.17, 15) is 14.9 Å². The van der Waals surface area contributed by atoms with Crippen LogP contribution in [0.25, 0.3) is 6.08 Å². The molecule has 0 unspecified atom stereocenters. The predicted molar refractivity (Wildman–Crippen MR) is 80.2 cm³/mol. The van der Waals surface area contributed by atoms with E-state index in [4.69, 9.17) is 9.84 Å². The highest BCUT2D eigenvalue weighted by atomic mass is 16.6. The maximum absolute atomic E-state index is 10.8. The number of rotatable bonds is 6. The van der Waals surface area contributed by atoms with Gasteiger partial charge in [0.05, 0.1) is 10.5 Å². The minimum atomic E-state index is -0.984. The van der Waals surface area contributed by atoms with Crippen molar-refractivity contribution in [3.05, 3.63) is 81.5 Å². The van der Waals surface area contributed by atoms with E-state index in [2.05, 4.69) is 0 Å². The number of ether oxygens (including phenoxy) is 1. The van der Waals surface area contributed by atoms with Crippen molar-refractivity contribution in [2.45, 2.75) is 6.61 Å². The minimum Gasteiger partial charge on any atom is -0.488 e. The van der Waals surface area contributed by atoms with E-state index in [-0.39, 0.29) is 12.2 Å². The number of carboxylic acid groups (broad SMARTS) is 1. The lowest BCUT2D eigenvalue weighted by Gasteiger charge is -2.09. The van der Waals surface area contributed by atoms with Crippen LogP contribution in [-0.4, -0.2) is 16.0 Å². The van der Waals surface area contributed by atoms with E-state index in [0.717, 1.165) is 11.8 Å². The first-order valence-electron chi connectivity index (χ1n) is 6.42. The Balaban J connectivity index is 2.08. The van der Waals surface area contributed by atoms with Gasteiger partial charge in [0.15, 0.2) is 0 Å². The SMILES string of the molecule is O=C(O)c1ccc(COc2ccccc2C=C[N+](=O)[O-])cc1. The van der Waals surface area contributed by atoms with Crippen molar-refractivity contribution < 1.29 is 19.6 Å². The summed E-state index contributed by atoms with van der Waals surface area (Å²) >= 11 is 0. The Hall–Kier alpha value is -3.15. The lowest BCUT2D eigenvalue weighted by molar-refractivity contribution is -0.400. The van der Waals surface area contributed by atoms with Crippen LogP contribution in [0, 0.1) is 10.1 Å². The number of carboxylic acids is 1. The van der Waals surface area contributed by atoms with Crippen molar-refractivity contribution in [2.24, 2.45) is 0 Å². The van der Waals surface area contributed by atoms with E-state index in [1.54, 1.807) is 36.4 Å². The number of carbonyl (C=O) groups is 1. The first-order chi connectivity index (χ1) is 10.6. The molecule has 0 aromatic heterocycles. The van der Waals surface area contributed by atoms with Crippen LogP contribution < -0.4 is 4.74 Å². The van der Waals surface area contributed by atoms with Gasteiger partial charge in [-0.05, 0) is 23.8 Å². The Morgan fingerprint density at radius 1 is 1.18 bits per heavy atom. The van der Waals surface area contributed by atoms with E-state index in [0.29, 0.717) is 11.3 Å². The molecule has 0 heterocycles. The summed E-state index contributed by atoms with van der Waals surface area (Å²) in [6.45, 7) is 0.239. The van der Waals surface area contributed by atoms with Gasteiger partial charge in [0, 0.05) is 11.6 Å². The molecule has 0 spiro atoms. The van der Waals surface area contributed by atoms with Crippen molar-refractivity contribution in [2.75, 3.05) is 0 Å². The Morgan fingerprint density at radius 2 is 1.86 bits per heavy atom. The number of para-hydroxylation sites is 1. The van der Waals surface area contributed by atoms with Gasteiger partial charge >= 0.3 is 5.97 Å². The van der Waals surface area contributed by atoms with Crippen molar-refractivity contribution >= 4 is 12.0 Å². The molecule has 0 radical (unpaired) electrons. The lowest BCUT2D eigenvalue weighted by atomic mass is 10.1. The fraction of sp³-hybridized carbons (Fsp3) is 0.0625. The molecular weight excluding hydrogens is 286 g/mol. The summed E-state index contributed by atoms with van der Waals surface area (Å²) in [5, 5.41) is 19.2. The monoisotopic (exact) mass is 299 g/mol. The molecular formula is C16H13NO5. The zero-order chi connectivity index (χ0) is 15.9. The molecule has 0 aliphatic heterocycles. The normalized spacial score (nSPS) is 10.5. The highest BCUT2D eigenvalue weighted by Gasteiger charge is 2.04. The van der Waals surface area contributed by atoms with Crippen molar-refractivity contribution in [3.8, 4) is 5.75 Å². The fourth-order valence-corrected chi connectivity index (χ4v) is 1.80. The largest absolute Gasteiger partial charge is 0.488 e. The van der Waals surface area contributed by atoms with Crippen LogP contribution in [0.1, 0.15) is 21.5 Å². The van der Waals surface area contributed by atoms with Gasteiger partial charge < -0.3 is 9.84 Å².